The van der Waals surface area contributed by atoms with Crippen LogP contribution in [0.5, 0.6) is 11.5 Å². The van der Waals surface area contributed by atoms with Gasteiger partial charge in [-0.1, -0.05) is 30.3 Å². The second-order valence-corrected chi connectivity index (χ2v) is 8.41. The van der Waals surface area contributed by atoms with Gasteiger partial charge in [-0.15, -0.1) is 0 Å². The lowest BCUT2D eigenvalue weighted by molar-refractivity contribution is -0.258. The van der Waals surface area contributed by atoms with Gasteiger partial charge in [-0.2, -0.15) is 30.7 Å². The van der Waals surface area contributed by atoms with E-state index in [-0.39, 0.29) is 11.3 Å². The monoisotopic (exact) mass is 546 g/mol. The Hall–Kier alpha value is -3.67. The van der Waals surface area contributed by atoms with Gasteiger partial charge in [0.15, 0.2) is 0 Å². The van der Waals surface area contributed by atoms with Crippen LogP contribution in [0.4, 0.5) is 42.1 Å². The summed E-state index contributed by atoms with van der Waals surface area (Å²) in [6.45, 7) is 0.368. The van der Waals surface area contributed by atoms with Crippen molar-refractivity contribution in [3.8, 4) is 11.5 Å². The first-order valence-electron chi connectivity index (χ1n) is 11.2. The Balaban J connectivity index is 1.81. The molecule has 0 aromatic heterocycles. The van der Waals surface area contributed by atoms with Crippen LogP contribution in [0.25, 0.3) is 0 Å². The molecule has 206 valence electrons. The zero-order chi connectivity index (χ0) is 28.1. The van der Waals surface area contributed by atoms with Crippen LogP contribution in [0, 0.1) is 0 Å². The lowest BCUT2D eigenvalue weighted by Crippen LogP contribution is -2.59. The highest BCUT2D eigenvalue weighted by molar-refractivity contribution is 5.53. The van der Waals surface area contributed by atoms with Crippen LogP contribution in [-0.4, -0.2) is 43.7 Å². The summed E-state index contributed by atoms with van der Waals surface area (Å²) in [5.74, 6) is -0.125. The second-order valence-electron chi connectivity index (χ2n) is 8.41. The van der Waals surface area contributed by atoms with Gasteiger partial charge in [0.25, 0.3) is 0 Å². The number of nitrogens with one attached hydrogen (secondary N) is 1. The number of hydrogen-bond donors (Lipinski definition) is 2. The highest BCUT2D eigenvalue weighted by Gasteiger charge is 2.57. The molecular formula is C26H25F7N2O3. The van der Waals surface area contributed by atoms with Gasteiger partial charge < -0.3 is 24.8 Å². The van der Waals surface area contributed by atoms with Gasteiger partial charge in [0.2, 0.25) is 5.72 Å². The van der Waals surface area contributed by atoms with E-state index in [1.54, 1.807) is 18.2 Å². The Labute approximate surface area is 214 Å². The zero-order valence-corrected chi connectivity index (χ0v) is 20.3. The number of hydrogen-bond acceptors (Lipinski definition) is 5. The topological polar surface area (TPSA) is 54.0 Å². The molecule has 0 radical (unpaired) electrons. The summed E-state index contributed by atoms with van der Waals surface area (Å²) in [6, 6.07) is 16.9. The zero-order valence-electron chi connectivity index (χ0n) is 20.3. The van der Waals surface area contributed by atoms with Gasteiger partial charge in [-0.05, 0) is 47.5 Å². The fraction of sp³-hybridized carbons (Fsp3) is 0.308. The molecule has 3 aromatic carbocycles. The number of ether oxygens (including phenoxy) is 2. The number of rotatable bonds is 11. The molecule has 0 spiro atoms. The normalized spacial score (nSPS) is 13.7. The third-order valence-electron chi connectivity index (χ3n) is 5.76. The number of nitrogens with zero attached hydrogens (tertiary/aromatic N) is 1. The molecule has 0 aliphatic carbocycles. The van der Waals surface area contributed by atoms with Crippen molar-refractivity contribution in [3.05, 3.63) is 83.9 Å². The first-order valence-corrected chi connectivity index (χ1v) is 11.2. The van der Waals surface area contributed by atoms with Crippen molar-refractivity contribution in [1.82, 2.24) is 0 Å². The molecule has 0 heterocycles. The number of halogens is 7. The molecule has 0 saturated heterocycles. The summed E-state index contributed by atoms with van der Waals surface area (Å²) < 4.78 is 103. The van der Waals surface area contributed by atoms with Crippen LogP contribution in [0.2, 0.25) is 0 Å². The van der Waals surface area contributed by atoms with Crippen molar-refractivity contribution in [2.24, 2.45) is 0 Å². The molecule has 1 atom stereocenters. The number of methoxy groups -OCH3 is 1. The summed E-state index contributed by atoms with van der Waals surface area (Å²) >= 11 is 0. The molecule has 0 aliphatic heterocycles. The number of alkyl halides is 7. The average Bonchev–Trinajstić information content (AvgIpc) is 2.86. The van der Waals surface area contributed by atoms with Crippen molar-refractivity contribution >= 4 is 11.4 Å². The molecule has 1 unspecified atom stereocenters. The first-order chi connectivity index (χ1) is 17.7. The van der Waals surface area contributed by atoms with E-state index in [9.17, 15) is 35.8 Å². The molecular weight excluding hydrogens is 521 g/mol. The van der Waals surface area contributed by atoms with Gasteiger partial charge in [-0.25, -0.2) is 0 Å². The van der Waals surface area contributed by atoms with E-state index in [1.165, 1.54) is 25.3 Å². The van der Waals surface area contributed by atoms with Gasteiger partial charge in [0.05, 0.1) is 7.11 Å². The molecule has 0 aliphatic rings. The van der Waals surface area contributed by atoms with Gasteiger partial charge in [-0.3, -0.25) is 0 Å². The van der Waals surface area contributed by atoms with Crippen molar-refractivity contribution in [3.63, 3.8) is 0 Å². The average molecular weight is 546 g/mol. The van der Waals surface area contributed by atoms with Crippen molar-refractivity contribution in [1.29, 1.82) is 0 Å². The highest BCUT2D eigenvalue weighted by atomic mass is 19.4. The van der Waals surface area contributed by atoms with Crippen LogP contribution in [0.15, 0.2) is 72.8 Å². The predicted octanol–water partition coefficient (Wildman–Crippen LogP) is 6.47. The maximum Gasteiger partial charge on any atom is 0.461 e. The van der Waals surface area contributed by atoms with Crippen molar-refractivity contribution in [2.45, 2.75) is 37.4 Å². The summed E-state index contributed by atoms with van der Waals surface area (Å²) in [5, 5.41) is 13.9. The van der Waals surface area contributed by atoms with E-state index >= 15 is 0 Å². The minimum Gasteiger partial charge on any atom is -0.497 e. The molecule has 2 N–H and O–H groups in total. The van der Waals surface area contributed by atoms with Crippen molar-refractivity contribution in [2.75, 3.05) is 24.4 Å². The Bertz CT molecular complexity index is 1210. The number of likely N-dealkylation sites (N-methyl/N-ethyl adjacent to an activating group) is 1. The molecule has 0 amide bonds. The standard InChI is InChI=1S/C26H25F7N2O3/c1-35(20-7-4-8-22(14-20)38-25(29,30)23(27)28)24(36,26(31,32)33)15-18-5-3-6-19(13-18)34-16-17-9-11-21(37-2)12-10-17/h3-14,23,34,36H,15-16H2,1-2H3. The lowest BCUT2D eigenvalue weighted by atomic mass is 9.99. The summed E-state index contributed by atoms with van der Waals surface area (Å²) in [5.41, 5.74) is -2.36. The van der Waals surface area contributed by atoms with E-state index in [0.29, 0.717) is 28.9 Å². The number of aliphatic hydroxyl groups is 1. The highest BCUT2D eigenvalue weighted by Crippen LogP contribution is 2.39. The molecule has 5 nitrogen and oxygen atoms in total. The summed E-state index contributed by atoms with van der Waals surface area (Å²) in [4.78, 5) is 0.428. The molecule has 12 heteroatoms. The van der Waals surface area contributed by atoms with Crippen LogP contribution in [0.3, 0.4) is 0 Å². The Morgan fingerprint density at radius 3 is 2.13 bits per heavy atom. The molecule has 3 rings (SSSR count). The van der Waals surface area contributed by atoms with E-state index in [1.807, 2.05) is 12.1 Å². The maximum absolute atomic E-state index is 14.2. The number of benzene rings is 3. The van der Waals surface area contributed by atoms with Crippen LogP contribution in [0.1, 0.15) is 11.1 Å². The molecule has 0 saturated carbocycles. The lowest BCUT2D eigenvalue weighted by Gasteiger charge is -2.40. The van der Waals surface area contributed by atoms with Crippen LogP contribution in [-0.2, 0) is 13.0 Å². The van der Waals surface area contributed by atoms with Crippen LogP contribution < -0.4 is 19.7 Å². The van der Waals surface area contributed by atoms with Crippen molar-refractivity contribution < 1.29 is 45.3 Å². The molecule has 38 heavy (non-hydrogen) atoms. The largest absolute Gasteiger partial charge is 0.497 e. The summed E-state index contributed by atoms with van der Waals surface area (Å²) in [7, 11) is 2.44. The van der Waals surface area contributed by atoms with E-state index in [4.69, 9.17) is 4.74 Å². The van der Waals surface area contributed by atoms with Gasteiger partial charge in [0, 0.05) is 37.5 Å². The minimum atomic E-state index is -5.20. The van der Waals surface area contributed by atoms with Crippen LogP contribution >= 0.6 is 0 Å². The van der Waals surface area contributed by atoms with E-state index in [2.05, 4.69) is 10.1 Å². The van der Waals surface area contributed by atoms with Gasteiger partial charge in [0.1, 0.15) is 11.5 Å². The number of anilines is 2. The van der Waals surface area contributed by atoms with E-state index in [0.717, 1.165) is 30.8 Å². The Kier molecular flexibility index (Phi) is 8.65. The van der Waals surface area contributed by atoms with E-state index < -0.39 is 36.6 Å². The van der Waals surface area contributed by atoms with Gasteiger partial charge >= 0.3 is 18.7 Å². The fourth-order valence-electron chi connectivity index (χ4n) is 3.60. The third-order valence-corrected chi connectivity index (χ3v) is 5.76. The first kappa shape index (κ1) is 28.9. The fourth-order valence-corrected chi connectivity index (χ4v) is 3.60. The maximum atomic E-state index is 14.2. The molecule has 0 fully saturated rings. The Morgan fingerprint density at radius 1 is 0.868 bits per heavy atom. The third kappa shape index (κ3) is 6.80. The predicted molar refractivity (Wildman–Crippen MR) is 128 cm³/mol. The quantitative estimate of drug-likeness (QED) is 0.213. The summed E-state index contributed by atoms with van der Waals surface area (Å²) in [6.07, 6.45) is -15.1. The Morgan fingerprint density at radius 2 is 1.53 bits per heavy atom. The molecule has 0 bridgehead atoms. The second kappa shape index (κ2) is 11.4. The minimum absolute atomic E-state index is 0.119. The SMILES string of the molecule is COc1ccc(CNc2cccc(CC(O)(N(C)c3cccc(OC(F)(F)C(F)F)c3)C(F)(F)F)c2)cc1. The smallest absolute Gasteiger partial charge is 0.461 e. The molecule has 3 aromatic rings.